The Morgan fingerprint density at radius 1 is 1.43 bits per heavy atom. The second kappa shape index (κ2) is 5.37. The molecule has 1 aliphatic carbocycles. The molecule has 3 rings (SSSR count). The molecule has 106 valence electrons. The number of hydrogen-bond donors (Lipinski definition) is 0. The lowest BCUT2D eigenvalue weighted by atomic mass is 10.2. The van der Waals surface area contributed by atoms with E-state index >= 15 is 0 Å². The summed E-state index contributed by atoms with van der Waals surface area (Å²) in [6, 6.07) is 9.04. The molecule has 0 aliphatic heterocycles. The first-order chi connectivity index (χ1) is 10.2. The monoisotopic (exact) mass is 282 g/mol. The van der Waals surface area contributed by atoms with Crippen LogP contribution in [0.5, 0.6) is 0 Å². The Kier molecular flexibility index (Phi) is 3.40. The standard InChI is InChI=1S/C15H14N4O2/c1-2-21-15(20)11-5-7-12(8-6-11)19-14(10-3-4-10)13(9-16)17-18-19/h5-8,10H,2-4H2,1H3. The molecule has 1 aromatic heterocycles. The van der Waals surface area contributed by atoms with Crippen LogP contribution in [0.1, 0.15) is 47.4 Å². The van der Waals surface area contributed by atoms with Crippen molar-refractivity contribution < 1.29 is 9.53 Å². The van der Waals surface area contributed by atoms with Gasteiger partial charge in [0.05, 0.1) is 23.6 Å². The van der Waals surface area contributed by atoms with E-state index in [0.29, 0.717) is 23.8 Å². The number of carbonyl (C=O) groups is 1. The number of nitriles is 1. The van der Waals surface area contributed by atoms with Crippen LogP contribution >= 0.6 is 0 Å². The van der Waals surface area contributed by atoms with E-state index in [-0.39, 0.29) is 5.97 Å². The molecule has 1 aliphatic rings. The average molecular weight is 282 g/mol. The molecule has 1 heterocycles. The van der Waals surface area contributed by atoms with Crippen LogP contribution in [-0.4, -0.2) is 27.6 Å². The molecule has 0 amide bonds. The number of hydrogen-bond acceptors (Lipinski definition) is 5. The first-order valence-electron chi connectivity index (χ1n) is 6.87. The van der Waals surface area contributed by atoms with Crippen molar-refractivity contribution >= 4 is 5.97 Å². The van der Waals surface area contributed by atoms with Crippen molar-refractivity contribution in [3.8, 4) is 11.8 Å². The molecule has 21 heavy (non-hydrogen) atoms. The van der Waals surface area contributed by atoms with Gasteiger partial charge in [-0.25, -0.2) is 9.48 Å². The zero-order valence-corrected chi connectivity index (χ0v) is 11.6. The van der Waals surface area contributed by atoms with Gasteiger partial charge in [-0.05, 0) is 44.0 Å². The Balaban J connectivity index is 1.93. The van der Waals surface area contributed by atoms with E-state index < -0.39 is 0 Å². The lowest BCUT2D eigenvalue weighted by molar-refractivity contribution is 0.0526. The molecule has 0 atom stereocenters. The minimum Gasteiger partial charge on any atom is -0.462 e. The summed E-state index contributed by atoms with van der Waals surface area (Å²) in [5, 5.41) is 17.1. The summed E-state index contributed by atoms with van der Waals surface area (Å²) in [6.45, 7) is 2.12. The fraction of sp³-hybridized carbons (Fsp3) is 0.333. The quantitative estimate of drug-likeness (QED) is 0.803. The van der Waals surface area contributed by atoms with Crippen LogP contribution in [0, 0.1) is 11.3 Å². The van der Waals surface area contributed by atoms with E-state index in [1.54, 1.807) is 35.9 Å². The van der Waals surface area contributed by atoms with Crippen molar-refractivity contribution in [2.45, 2.75) is 25.7 Å². The summed E-state index contributed by atoms with van der Waals surface area (Å²) in [4.78, 5) is 11.6. The van der Waals surface area contributed by atoms with E-state index in [4.69, 9.17) is 10.00 Å². The van der Waals surface area contributed by atoms with Gasteiger partial charge in [0.15, 0.2) is 5.69 Å². The van der Waals surface area contributed by atoms with Gasteiger partial charge in [0, 0.05) is 5.92 Å². The van der Waals surface area contributed by atoms with Crippen molar-refractivity contribution in [2.24, 2.45) is 0 Å². The van der Waals surface area contributed by atoms with Crippen molar-refractivity contribution in [1.82, 2.24) is 15.0 Å². The number of nitrogens with zero attached hydrogens (tertiary/aromatic N) is 4. The largest absolute Gasteiger partial charge is 0.462 e. The van der Waals surface area contributed by atoms with E-state index in [9.17, 15) is 4.79 Å². The number of aromatic nitrogens is 3. The predicted octanol–water partition coefficient (Wildman–Crippen LogP) is 2.19. The van der Waals surface area contributed by atoms with Crippen LogP contribution in [0.3, 0.4) is 0 Å². The van der Waals surface area contributed by atoms with Crippen molar-refractivity contribution in [1.29, 1.82) is 5.26 Å². The molecule has 0 bridgehead atoms. The van der Waals surface area contributed by atoms with Gasteiger partial charge in [-0.15, -0.1) is 5.10 Å². The topological polar surface area (TPSA) is 80.8 Å². The van der Waals surface area contributed by atoms with Crippen LogP contribution in [0.2, 0.25) is 0 Å². The van der Waals surface area contributed by atoms with Gasteiger partial charge in [-0.1, -0.05) is 5.21 Å². The Labute approximate surface area is 122 Å². The molecule has 1 aromatic carbocycles. The highest BCUT2D eigenvalue weighted by molar-refractivity contribution is 5.89. The molecule has 0 unspecified atom stereocenters. The van der Waals surface area contributed by atoms with Gasteiger partial charge in [0.2, 0.25) is 0 Å². The van der Waals surface area contributed by atoms with Crippen LogP contribution in [0.25, 0.3) is 5.69 Å². The minimum absolute atomic E-state index is 0.345. The molecule has 6 nitrogen and oxygen atoms in total. The highest BCUT2D eigenvalue weighted by atomic mass is 16.5. The van der Waals surface area contributed by atoms with Crippen molar-refractivity contribution in [3.63, 3.8) is 0 Å². The summed E-state index contributed by atoms with van der Waals surface area (Å²) >= 11 is 0. The smallest absolute Gasteiger partial charge is 0.338 e. The molecule has 0 radical (unpaired) electrons. The third-order valence-corrected chi connectivity index (χ3v) is 3.40. The maximum atomic E-state index is 11.6. The minimum atomic E-state index is -0.345. The summed E-state index contributed by atoms with van der Waals surface area (Å²) < 4.78 is 6.64. The second-order valence-electron chi connectivity index (χ2n) is 4.89. The van der Waals surface area contributed by atoms with Crippen LogP contribution in [-0.2, 0) is 4.74 Å². The lowest BCUT2D eigenvalue weighted by Crippen LogP contribution is -2.06. The third-order valence-electron chi connectivity index (χ3n) is 3.40. The summed E-state index contributed by atoms with van der Waals surface area (Å²) in [5.74, 6) is 0.0159. The van der Waals surface area contributed by atoms with E-state index in [1.807, 2.05) is 0 Å². The first kappa shape index (κ1) is 13.3. The Morgan fingerprint density at radius 2 is 2.14 bits per heavy atom. The summed E-state index contributed by atoms with van der Waals surface area (Å²) in [7, 11) is 0. The Hall–Kier alpha value is -2.68. The highest BCUT2D eigenvalue weighted by Gasteiger charge is 2.31. The Bertz CT molecular complexity index is 708. The van der Waals surface area contributed by atoms with E-state index in [2.05, 4.69) is 16.4 Å². The molecular formula is C15H14N4O2. The number of rotatable bonds is 4. The van der Waals surface area contributed by atoms with Crippen molar-refractivity contribution in [2.75, 3.05) is 6.61 Å². The van der Waals surface area contributed by atoms with Gasteiger partial charge in [-0.3, -0.25) is 0 Å². The molecule has 1 saturated carbocycles. The van der Waals surface area contributed by atoms with Gasteiger partial charge >= 0.3 is 5.97 Å². The number of esters is 1. The summed E-state index contributed by atoms with van der Waals surface area (Å²) in [6.07, 6.45) is 2.12. The van der Waals surface area contributed by atoms with Crippen molar-refractivity contribution in [3.05, 3.63) is 41.2 Å². The van der Waals surface area contributed by atoms with Gasteiger partial charge in [0.1, 0.15) is 6.07 Å². The zero-order valence-electron chi connectivity index (χ0n) is 11.6. The Morgan fingerprint density at radius 3 is 2.71 bits per heavy atom. The normalized spacial score (nSPS) is 13.7. The van der Waals surface area contributed by atoms with Crippen LogP contribution < -0.4 is 0 Å². The molecule has 0 N–H and O–H groups in total. The molecule has 0 saturated heterocycles. The third kappa shape index (κ3) is 2.50. The maximum absolute atomic E-state index is 11.6. The highest BCUT2D eigenvalue weighted by Crippen LogP contribution is 2.41. The zero-order chi connectivity index (χ0) is 14.8. The first-order valence-corrected chi connectivity index (χ1v) is 6.87. The fourth-order valence-electron chi connectivity index (χ4n) is 2.24. The number of benzene rings is 1. The fourth-order valence-corrected chi connectivity index (χ4v) is 2.24. The lowest BCUT2D eigenvalue weighted by Gasteiger charge is -2.06. The molecule has 0 spiro atoms. The van der Waals surface area contributed by atoms with Crippen LogP contribution in [0.4, 0.5) is 0 Å². The maximum Gasteiger partial charge on any atom is 0.338 e. The van der Waals surface area contributed by atoms with Gasteiger partial charge in [-0.2, -0.15) is 5.26 Å². The summed E-state index contributed by atoms with van der Waals surface area (Å²) in [5.41, 5.74) is 2.53. The predicted molar refractivity (Wildman–Crippen MR) is 74.0 cm³/mol. The van der Waals surface area contributed by atoms with E-state index in [0.717, 1.165) is 24.2 Å². The second-order valence-corrected chi connectivity index (χ2v) is 4.89. The van der Waals surface area contributed by atoms with Gasteiger partial charge in [0.25, 0.3) is 0 Å². The SMILES string of the molecule is CCOC(=O)c1ccc(-n2nnc(C#N)c2C2CC2)cc1. The average Bonchev–Trinajstić information content (AvgIpc) is 3.26. The van der Waals surface area contributed by atoms with Crippen LogP contribution in [0.15, 0.2) is 24.3 Å². The molecule has 1 fully saturated rings. The number of ether oxygens (including phenoxy) is 1. The molecule has 6 heteroatoms. The number of carbonyl (C=O) groups excluding carboxylic acids is 1. The molecular weight excluding hydrogens is 268 g/mol. The van der Waals surface area contributed by atoms with Gasteiger partial charge < -0.3 is 4.74 Å². The molecule has 2 aromatic rings. The van der Waals surface area contributed by atoms with E-state index in [1.165, 1.54) is 0 Å².